The average Bonchev–Trinajstić information content (AvgIpc) is 3.44. The molecule has 1 saturated heterocycles. The van der Waals surface area contributed by atoms with Gasteiger partial charge in [-0.1, -0.05) is 23.8 Å². The van der Waals surface area contributed by atoms with Crippen molar-refractivity contribution in [3.8, 4) is 0 Å². The SMILES string of the molecule is Cc1ccc(NC(=O)N2CCN(CC(=O)c3cc(C(N)=O)c(C)n3Cc3cccs3)CC2)cc1. The molecule has 1 aromatic carbocycles. The normalized spacial score (nSPS) is 14.2. The number of nitrogens with zero attached hydrogens (tertiary/aromatic N) is 3. The summed E-state index contributed by atoms with van der Waals surface area (Å²) in [5.41, 5.74) is 9.00. The van der Waals surface area contributed by atoms with Gasteiger partial charge in [0.1, 0.15) is 0 Å². The zero-order valence-electron chi connectivity index (χ0n) is 19.4. The van der Waals surface area contributed by atoms with Gasteiger partial charge in [0, 0.05) is 42.4 Å². The summed E-state index contributed by atoms with van der Waals surface area (Å²) >= 11 is 1.60. The molecule has 0 radical (unpaired) electrons. The van der Waals surface area contributed by atoms with Crippen molar-refractivity contribution in [3.63, 3.8) is 0 Å². The van der Waals surface area contributed by atoms with Crippen molar-refractivity contribution in [2.24, 2.45) is 5.73 Å². The van der Waals surface area contributed by atoms with Crippen molar-refractivity contribution in [2.75, 3.05) is 38.0 Å². The number of nitrogens with two attached hydrogens (primary N) is 1. The number of benzene rings is 1. The molecule has 0 saturated carbocycles. The highest BCUT2D eigenvalue weighted by Gasteiger charge is 2.26. The molecule has 1 fully saturated rings. The number of carbonyl (C=O) groups is 3. The minimum atomic E-state index is -0.537. The smallest absolute Gasteiger partial charge is 0.321 e. The number of carbonyl (C=O) groups excluding carboxylic acids is 3. The number of aromatic nitrogens is 1. The first kappa shape index (κ1) is 23.7. The molecule has 0 atom stereocenters. The molecular formula is C25H29N5O3S. The van der Waals surface area contributed by atoms with E-state index in [-0.39, 0.29) is 18.4 Å². The van der Waals surface area contributed by atoms with E-state index in [0.29, 0.717) is 49.7 Å². The largest absolute Gasteiger partial charge is 0.366 e. The maximum absolute atomic E-state index is 13.2. The standard InChI is InChI=1S/C25H29N5O3S/c1-17-5-7-19(8-6-17)27-25(33)29-11-9-28(10-12-29)16-23(31)22-14-21(24(26)32)18(2)30(22)15-20-4-3-13-34-20/h3-8,13-14H,9-12,15-16H2,1-2H3,(H2,26,32)(H,27,33). The first-order chi connectivity index (χ1) is 16.3. The van der Waals surface area contributed by atoms with Crippen LogP contribution in [-0.4, -0.2) is 64.8 Å². The van der Waals surface area contributed by atoms with Crippen LogP contribution in [-0.2, 0) is 6.54 Å². The number of Topliss-reactive ketones (excluding diaryl/α,β-unsaturated/α-hetero) is 1. The second kappa shape index (κ2) is 10.2. The number of rotatable bonds is 7. The van der Waals surface area contributed by atoms with Gasteiger partial charge in [-0.25, -0.2) is 4.79 Å². The van der Waals surface area contributed by atoms with Crippen molar-refractivity contribution in [1.82, 2.24) is 14.4 Å². The maximum atomic E-state index is 13.2. The van der Waals surface area contributed by atoms with Gasteiger partial charge in [-0.3, -0.25) is 14.5 Å². The van der Waals surface area contributed by atoms with Gasteiger partial charge in [-0.2, -0.15) is 0 Å². The predicted molar refractivity (Wildman–Crippen MR) is 134 cm³/mol. The van der Waals surface area contributed by atoms with Crippen LogP contribution in [0.25, 0.3) is 0 Å². The van der Waals surface area contributed by atoms with Crippen molar-refractivity contribution in [1.29, 1.82) is 0 Å². The van der Waals surface area contributed by atoms with Crippen LogP contribution in [0, 0.1) is 13.8 Å². The molecule has 0 unspecified atom stereocenters. The number of anilines is 1. The molecule has 178 valence electrons. The topological polar surface area (TPSA) is 101 Å². The van der Waals surface area contributed by atoms with Crippen LogP contribution in [0.4, 0.5) is 10.5 Å². The minimum Gasteiger partial charge on any atom is -0.366 e. The summed E-state index contributed by atoms with van der Waals surface area (Å²) < 4.78 is 1.87. The van der Waals surface area contributed by atoms with Crippen LogP contribution in [0.3, 0.4) is 0 Å². The summed E-state index contributed by atoms with van der Waals surface area (Å²) in [4.78, 5) is 42.6. The Morgan fingerprint density at radius 2 is 1.74 bits per heavy atom. The Kier molecular flexibility index (Phi) is 7.14. The minimum absolute atomic E-state index is 0.0651. The molecule has 34 heavy (non-hydrogen) atoms. The molecule has 4 rings (SSSR count). The third-order valence-electron chi connectivity index (χ3n) is 6.14. The molecule has 0 aliphatic carbocycles. The predicted octanol–water partition coefficient (Wildman–Crippen LogP) is 3.35. The lowest BCUT2D eigenvalue weighted by atomic mass is 10.2. The van der Waals surface area contributed by atoms with Crippen molar-refractivity contribution in [2.45, 2.75) is 20.4 Å². The van der Waals surface area contributed by atoms with Gasteiger partial charge in [-0.15, -0.1) is 11.3 Å². The van der Waals surface area contributed by atoms with Gasteiger partial charge >= 0.3 is 6.03 Å². The average molecular weight is 480 g/mol. The van der Waals surface area contributed by atoms with E-state index in [2.05, 4.69) is 5.32 Å². The second-order valence-corrected chi connectivity index (χ2v) is 9.57. The highest BCUT2D eigenvalue weighted by atomic mass is 32.1. The highest BCUT2D eigenvalue weighted by Crippen LogP contribution is 2.21. The Hall–Kier alpha value is -3.43. The highest BCUT2D eigenvalue weighted by molar-refractivity contribution is 7.09. The lowest BCUT2D eigenvalue weighted by molar-refractivity contribution is 0.0875. The molecule has 8 nitrogen and oxygen atoms in total. The van der Waals surface area contributed by atoms with Crippen LogP contribution in [0.15, 0.2) is 47.8 Å². The summed E-state index contributed by atoms with van der Waals surface area (Å²) in [7, 11) is 0. The summed E-state index contributed by atoms with van der Waals surface area (Å²) in [6.07, 6.45) is 0. The molecule has 3 heterocycles. The second-order valence-electron chi connectivity index (χ2n) is 8.54. The van der Waals surface area contributed by atoms with Crippen molar-refractivity contribution >= 4 is 34.7 Å². The maximum Gasteiger partial charge on any atom is 0.321 e. The lowest BCUT2D eigenvalue weighted by Gasteiger charge is -2.34. The number of thiophene rings is 1. The fourth-order valence-corrected chi connectivity index (χ4v) is 4.81. The number of piperazine rings is 1. The van der Waals surface area contributed by atoms with Crippen molar-refractivity contribution in [3.05, 3.63) is 75.2 Å². The Morgan fingerprint density at radius 3 is 2.35 bits per heavy atom. The molecule has 1 aliphatic heterocycles. The number of nitrogens with one attached hydrogen (secondary N) is 1. The molecule has 3 N–H and O–H groups in total. The zero-order chi connectivity index (χ0) is 24.2. The number of aryl methyl sites for hydroxylation is 1. The van der Waals surface area contributed by atoms with Gasteiger partial charge in [0.15, 0.2) is 5.78 Å². The third kappa shape index (κ3) is 5.37. The number of amides is 3. The lowest BCUT2D eigenvalue weighted by Crippen LogP contribution is -2.51. The van der Waals surface area contributed by atoms with E-state index in [1.165, 1.54) is 0 Å². The Balaban J connectivity index is 1.38. The molecule has 3 amide bonds. The number of urea groups is 1. The van der Waals surface area contributed by atoms with E-state index in [0.717, 1.165) is 16.1 Å². The number of primary amides is 1. The Labute approximate surface area is 203 Å². The number of ketones is 1. The molecule has 9 heteroatoms. The van der Waals surface area contributed by atoms with Crippen LogP contribution < -0.4 is 11.1 Å². The Morgan fingerprint density at radius 1 is 1.03 bits per heavy atom. The zero-order valence-corrected chi connectivity index (χ0v) is 20.2. The van der Waals surface area contributed by atoms with Gasteiger partial charge in [-0.05, 0) is 43.5 Å². The van der Waals surface area contributed by atoms with Gasteiger partial charge in [0.2, 0.25) is 0 Å². The van der Waals surface area contributed by atoms with E-state index >= 15 is 0 Å². The fraction of sp³-hybridized carbons (Fsp3) is 0.320. The summed E-state index contributed by atoms with van der Waals surface area (Å²) in [5.74, 6) is -0.602. The summed E-state index contributed by atoms with van der Waals surface area (Å²) in [5, 5.41) is 4.91. The third-order valence-corrected chi connectivity index (χ3v) is 7.00. The molecule has 3 aromatic rings. The monoisotopic (exact) mass is 479 g/mol. The number of hydrogen-bond acceptors (Lipinski definition) is 5. The number of hydrogen-bond donors (Lipinski definition) is 2. The molecule has 1 aliphatic rings. The van der Waals surface area contributed by atoms with E-state index in [9.17, 15) is 14.4 Å². The molecule has 0 bridgehead atoms. The van der Waals surface area contributed by atoms with E-state index in [4.69, 9.17) is 5.73 Å². The molecule has 2 aromatic heterocycles. The fourth-order valence-electron chi connectivity index (χ4n) is 4.12. The summed E-state index contributed by atoms with van der Waals surface area (Å²) in [6.45, 7) is 6.82. The van der Waals surface area contributed by atoms with E-state index in [1.807, 2.05) is 65.1 Å². The van der Waals surface area contributed by atoms with Crippen LogP contribution >= 0.6 is 11.3 Å². The van der Waals surface area contributed by atoms with Crippen LogP contribution in [0.2, 0.25) is 0 Å². The van der Waals surface area contributed by atoms with E-state index in [1.54, 1.807) is 22.3 Å². The van der Waals surface area contributed by atoms with E-state index < -0.39 is 5.91 Å². The van der Waals surface area contributed by atoms with Crippen LogP contribution in [0.5, 0.6) is 0 Å². The van der Waals surface area contributed by atoms with Gasteiger partial charge < -0.3 is 20.5 Å². The molecule has 0 spiro atoms. The first-order valence-electron chi connectivity index (χ1n) is 11.2. The van der Waals surface area contributed by atoms with Gasteiger partial charge in [0.05, 0.1) is 24.3 Å². The van der Waals surface area contributed by atoms with Crippen molar-refractivity contribution < 1.29 is 14.4 Å². The van der Waals surface area contributed by atoms with Gasteiger partial charge in [0.25, 0.3) is 5.91 Å². The first-order valence-corrected chi connectivity index (χ1v) is 12.1. The quantitative estimate of drug-likeness (QED) is 0.508. The Bertz CT molecular complexity index is 1180. The summed E-state index contributed by atoms with van der Waals surface area (Å²) in [6, 6.07) is 13.1. The van der Waals surface area contributed by atoms with Crippen LogP contribution in [0.1, 0.15) is 37.0 Å². The molecular weight excluding hydrogens is 450 g/mol.